The number of para-hydroxylation sites is 1. The van der Waals surface area contributed by atoms with Gasteiger partial charge in [0.25, 0.3) is 5.91 Å². The lowest BCUT2D eigenvalue weighted by atomic mass is 10.2. The molecule has 5 nitrogen and oxygen atoms in total. The van der Waals surface area contributed by atoms with Crippen molar-refractivity contribution in [2.75, 3.05) is 18.5 Å². The first-order valence-corrected chi connectivity index (χ1v) is 6.52. The van der Waals surface area contributed by atoms with E-state index in [9.17, 15) is 4.79 Å². The molecule has 21 heavy (non-hydrogen) atoms. The van der Waals surface area contributed by atoms with Crippen LogP contribution >= 0.6 is 0 Å². The number of hydrogen-bond donors (Lipinski definition) is 2. The van der Waals surface area contributed by atoms with Crippen LogP contribution in [-0.4, -0.2) is 30.8 Å². The van der Waals surface area contributed by atoms with Crippen LogP contribution in [0.15, 0.2) is 59.7 Å². The summed E-state index contributed by atoms with van der Waals surface area (Å²) in [7, 11) is 1.85. The van der Waals surface area contributed by atoms with E-state index in [-0.39, 0.29) is 18.2 Å². The maximum Gasteiger partial charge on any atom is 0.259 e. The highest BCUT2D eigenvalue weighted by Gasteiger charge is 2.05. The van der Waals surface area contributed by atoms with Crippen molar-refractivity contribution in [1.82, 2.24) is 5.43 Å². The number of carbonyl (C=O) groups is 1. The van der Waals surface area contributed by atoms with Gasteiger partial charge in [-0.1, -0.05) is 18.2 Å². The van der Waals surface area contributed by atoms with Crippen LogP contribution in [0.25, 0.3) is 0 Å². The van der Waals surface area contributed by atoms with E-state index in [4.69, 9.17) is 5.11 Å². The summed E-state index contributed by atoms with van der Waals surface area (Å²) >= 11 is 0. The van der Waals surface area contributed by atoms with Crippen LogP contribution in [0.1, 0.15) is 5.56 Å². The van der Waals surface area contributed by atoms with E-state index in [1.165, 1.54) is 6.21 Å². The topological polar surface area (TPSA) is 64.9 Å². The molecule has 1 amide bonds. The number of phenolic OH excluding ortho intramolecular Hbond substituents is 1. The van der Waals surface area contributed by atoms with Gasteiger partial charge < -0.3 is 10.0 Å². The van der Waals surface area contributed by atoms with E-state index in [0.717, 1.165) is 11.3 Å². The Morgan fingerprint density at radius 3 is 2.52 bits per heavy atom. The van der Waals surface area contributed by atoms with Crippen LogP contribution < -0.4 is 10.3 Å². The van der Waals surface area contributed by atoms with Crippen molar-refractivity contribution in [3.63, 3.8) is 0 Å². The molecule has 108 valence electrons. The van der Waals surface area contributed by atoms with Gasteiger partial charge in [0.2, 0.25) is 0 Å². The smallest absolute Gasteiger partial charge is 0.259 e. The van der Waals surface area contributed by atoms with Gasteiger partial charge in [0, 0.05) is 12.7 Å². The zero-order valence-corrected chi connectivity index (χ0v) is 11.7. The molecule has 0 heterocycles. The lowest BCUT2D eigenvalue weighted by Gasteiger charge is -2.17. The summed E-state index contributed by atoms with van der Waals surface area (Å²) in [4.78, 5) is 13.6. The van der Waals surface area contributed by atoms with Crippen molar-refractivity contribution in [3.8, 4) is 5.75 Å². The monoisotopic (exact) mass is 283 g/mol. The quantitative estimate of drug-likeness (QED) is 0.651. The summed E-state index contributed by atoms with van der Waals surface area (Å²) in [5.74, 6) is -0.00273. The Bertz CT molecular complexity index is 609. The number of hydrogen-bond acceptors (Lipinski definition) is 4. The maximum atomic E-state index is 11.8. The Morgan fingerprint density at radius 2 is 1.86 bits per heavy atom. The SMILES string of the molecule is CN(CC(=O)N/N=C\c1ccc(O)cc1)c1ccccc1. The third-order valence-electron chi connectivity index (χ3n) is 2.87. The summed E-state index contributed by atoms with van der Waals surface area (Å²) in [6.45, 7) is 0.219. The molecule has 0 spiro atoms. The first kappa shape index (κ1) is 14.6. The van der Waals surface area contributed by atoms with Crippen molar-refractivity contribution in [2.24, 2.45) is 5.10 Å². The van der Waals surface area contributed by atoms with Crippen LogP contribution in [0.5, 0.6) is 5.75 Å². The van der Waals surface area contributed by atoms with Crippen molar-refractivity contribution in [2.45, 2.75) is 0 Å². The standard InChI is InChI=1S/C16H17N3O2/c1-19(14-5-3-2-4-6-14)12-16(21)18-17-11-13-7-9-15(20)10-8-13/h2-11,20H,12H2,1H3,(H,18,21)/b17-11-. The van der Waals surface area contributed by atoms with E-state index in [1.807, 2.05) is 42.3 Å². The molecule has 5 heteroatoms. The average molecular weight is 283 g/mol. The zero-order chi connectivity index (χ0) is 15.1. The van der Waals surface area contributed by atoms with Gasteiger partial charge in [-0.15, -0.1) is 0 Å². The Hall–Kier alpha value is -2.82. The molecule has 0 atom stereocenters. The van der Waals surface area contributed by atoms with Gasteiger partial charge in [-0.05, 0) is 42.0 Å². The first-order valence-electron chi connectivity index (χ1n) is 6.52. The zero-order valence-electron chi connectivity index (χ0n) is 11.7. The van der Waals surface area contributed by atoms with Crippen molar-refractivity contribution >= 4 is 17.8 Å². The lowest BCUT2D eigenvalue weighted by molar-refractivity contribution is -0.119. The largest absolute Gasteiger partial charge is 0.508 e. The van der Waals surface area contributed by atoms with Crippen molar-refractivity contribution in [1.29, 1.82) is 0 Å². The molecule has 0 aliphatic rings. The van der Waals surface area contributed by atoms with Gasteiger partial charge in [-0.25, -0.2) is 5.43 Å². The predicted molar refractivity (Wildman–Crippen MR) is 83.6 cm³/mol. The third kappa shape index (κ3) is 4.65. The second-order valence-corrected chi connectivity index (χ2v) is 4.58. The number of hydrazone groups is 1. The fourth-order valence-electron chi connectivity index (χ4n) is 1.76. The number of rotatable bonds is 5. The Kier molecular flexibility index (Phi) is 4.93. The molecule has 0 radical (unpaired) electrons. The number of benzene rings is 2. The summed E-state index contributed by atoms with van der Waals surface area (Å²) in [5.41, 5.74) is 4.24. The number of likely N-dealkylation sites (N-methyl/N-ethyl adjacent to an activating group) is 1. The van der Waals surface area contributed by atoms with Gasteiger partial charge in [-0.3, -0.25) is 4.79 Å². The highest BCUT2D eigenvalue weighted by Crippen LogP contribution is 2.10. The molecule has 2 aromatic rings. The van der Waals surface area contributed by atoms with E-state index in [2.05, 4.69) is 10.5 Å². The number of anilines is 1. The molecule has 2 rings (SSSR count). The minimum atomic E-state index is -0.198. The molecule has 0 fully saturated rings. The number of nitrogens with zero attached hydrogens (tertiary/aromatic N) is 2. The van der Waals surface area contributed by atoms with Crippen molar-refractivity contribution < 1.29 is 9.90 Å². The summed E-state index contributed by atoms with van der Waals surface area (Å²) in [6, 6.07) is 16.2. The van der Waals surface area contributed by atoms with Crippen molar-refractivity contribution in [3.05, 3.63) is 60.2 Å². The average Bonchev–Trinajstić information content (AvgIpc) is 2.50. The number of nitrogens with one attached hydrogen (secondary N) is 1. The maximum absolute atomic E-state index is 11.8. The Labute approximate surface area is 123 Å². The highest BCUT2D eigenvalue weighted by atomic mass is 16.3. The van der Waals surface area contributed by atoms with E-state index >= 15 is 0 Å². The Balaban J connectivity index is 1.83. The summed E-state index contributed by atoms with van der Waals surface area (Å²) < 4.78 is 0. The number of phenols is 1. The second kappa shape index (κ2) is 7.09. The van der Waals surface area contributed by atoms with Crippen LogP contribution in [-0.2, 0) is 4.79 Å². The molecule has 2 N–H and O–H groups in total. The normalized spacial score (nSPS) is 10.5. The molecular formula is C16H17N3O2. The van der Waals surface area contributed by atoms with E-state index in [0.29, 0.717) is 0 Å². The van der Waals surface area contributed by atoms with Crippen LogP contribution in [0.2, 0.25) is 0 Å². The lowest BCUT2D eigenvalue weighted by Crippen LogP contribution is -2.32. The number of amides is 1. The molecule has 0 aliphatic carbocycles. The van der Waals surface area contributed by atoms with Gasteiger partial charge >= 0.3 is 0 Å². The molecule has 0 saturated carbocycles. The third-order valence-corrected chi connectivity index (χ3v) is 2.87. The fourth-order valence-corrected chi connectivity index (χ4v) is 1.76. The van der Waals surface area contributed by atoms with Gasteiger partial charge in [0.05, 0.1) is 12.8 Å². The summed E-state index contributed by atoms with van der Waals surface area (Å²) in [5, 5.41) is 13.0. The van der Waals surface area contributed by atoms with Gasteiger partial charge in [-0.2, -0.15) is 5.10 Å². The molecule has 0 unspecified atom stereocenters. The fraction of sp³-hybridized carbons (Fsp3) is 0.125. The van der Waals surface area contributed by atoms with Gasteiger partial charge in [0.15, 0.2) is 0 Å². The highest BCUT2D eigenvalue weighted by molar-refractivity contribution is 5.84. The van der Waals surface area contributed by atoms with Crippen LogP contribution in [0.4, 0.5) is 5.69 Å². The molecule has 0 aromatic heterocycles. The number of aromatic hydroxyl groups is 1. The second-order valence-electron chi connectivity index (χ2n) is 4.58. The van der Waals surface area contributed by atoms with Crippen LogP contribution in [0, 0.1) is 0 Å². The molecule has 0 aliphatic heterocycles. The first-order chi connectivity index (χ1) is 10.1. The minimum Gasteiger partial charge on any atom is -0.508 e. The van der Waals surface area contributed by atoms with Gasteiger partial charge in [0.1, 0.15) is 5.75 Å². The molecule has 2 aromatic carbocycles. The molecular weight excluding hydrogens is 266 g/mol. The molecule has 0 bridgehead atoms. The van der Waals surface area contributed by atoms with E-state index in [1.54, 1.807) is 24.3 Å². The number of carbonyl (C=O) groups excluding carboxylic acids is 1. The predicted octanol–water partition coefficient (Wildman–Crippen LogP) is 1.98. The van der Waals surface area contributed by atoms with Crippen LogP contribution in [0.3, 0.4) is 0 Å². The van der Waals surface area contributed by atoms with E-state index < -0.39 is 0 Å². The Morgan fingerprint density at radius 1 is 1.19 bits per heavy atom. The summed E-state index contributed by atoms with van der Waals surface area (Å²) in [6.07, 6.45) is 1.53. The molecule has 0 saturated heterocycles. The minimum absolute atomic E-state index is 0.195.